The Balaban J connectivity index is 1.48. The third-order valence-corrected chi connectivity index (χ3v) is 5.95. The molecule has 126 valence electrons. The average molecular weight is 321 g/mol. The first-order chi connectivity index (χ1) is 11.6. The summed E-state index contributed by atoms with van der Waals surface area (Å²) in [6, 6.07) is 15.4. The maximum Gasteiger partial charge on any atom is 0.0917 e. The second kappa shape index (κ2) is 6.02. The number of β-amino-alcohol motifs (C(OH)–C–C–N with tert-alkyl or cyclic N) is 1. The topological polar surface area (TPSA) is 23.5 Å². The molecule has 2 aliphatic rings. The molecular weight excluding hydrogens is 294 g/mol. The highest BCUT2D eigenvalue weighted by Crippen LogP contribution is 2.45. The number of hydrogen-bond donors (Lipinski definition) is 1. The van der Waals surface area contributed by atoms with Crippen LogP contribution >= 0.6 is 0 Å². The third kappa shape index (κ3) is 2.78. The van der Waals surface area contributed by atoms with Crippen LogP contribution in [0, 0.1) is 13.8 Å². The molecule has 4 rings (SSSR count). The maximum absolute atomic E-state index is 10.7. The van der Waals surface area contributed by atoms with Crippen molar-refractivity contribution < 1.29 is 5.11 Å². The van der Waals surface area contributed by atoms with Crippen LogP contribution in [-0.2, 0) is 11.8 Å². The van der Waals surface area contributed by atoms with Crippen LogP contribution in [-0.4, -0.2) is 29.6 Å². The van der Waals surface area contributed by atoms with Gasteiger partial charge >= 0.3 is 0 Å². The Morgan fingerprint density at radius 1 is 1.08 bits per heavy atom. The van der Waals surface area contributed by atoms with Gasteiger partial charge in [-0.15, -0.1) is 0 Å². The van der Waals surface area contributed by atoms with E-state index in [0.29, 0.717) is 5.41 Å². The lowest BCUT2D eigenvalue weighted by molar-refractivity contribution is 0.122. The summed E-state index contributed by atoms with van der Waals surface area (Å²) in [7, 11) is 0. The van der Waals surface area contributed by atoms with Gasteiger partial charge in [-0.25, -0.2) is 0 Å². The molecule has 0 saturated carbocycles. The van der Waals surface area contributed by atoms with Crippen molar-refractivity contribution >= 4 is 0 Å². The minimum absolute atomic E-state index is 0.332. The minimum atomic E-state index is -0.393. The lowest BCUT2D eigenvalue weighted by atomic mass is 9.81. The molecule has 0 aromatic heterocycles. The number of fused-ring (bicyclic) bond motifs is 2. The number of benzene rings is 2. The fourth-order valence-corrected chi connectivity index (χ4v) is 4.85. The van der Waals surface area contributed by atoms with E-state index in [9.17, 15) is 5.11 Å². The number of nitrogens with zero attached hydrogens (tertiary/aromatic N) is 1. The molecule has 2 aromatic carbocycles. The van der Waals surface area contributed by atoms with Gasteiger partial charge in [0.25, 0.3) is 0 Å². The van der Waals surface area contributed by atoms with E-state index in [1.54, 1.807) is 5.56 Å². The first-order valence-electron chi connectivity index (χ1n) is 9.13. The molecule has 2 heteroatoms. The Morgan fingerprint density at radius 3 is 2.62 bits per heavy atom. The van der Waals surface area contributed by atoms with E-state index in [1.165, 1.54) is 36.0 Å². The first-order valence-corrected chi connectivity index (χ1v) is 9.13. The smallest absolute Gasteiger partial charge is 0.0917 e. The predicted octanol–water partition coefficient (Wildman–Crippen LogP) is 3.93. The Labute approximate surface area is 145 Å². The lowest BCUT2D eigenvalue weighted by Gasteiger charge is -2.27. The Bertz CT molecular complexity index is 733. The number of hydrogen-bond acceptors (Lipinski definition) is 2. The van der Waals surface area contributed by atoms with Gasteiger partial charge < -0.3 is 5.11 Å². The summed E-state index contributed by atoms with van der Waals surface area (Å²) in [4.78, 5) is 2.46. The Morgan fingerprint density at radius 2 is 1.83 bits per heavy atom. The zero-order chi connectivity index (χ0) is 16.7. The SMILES string of the molecule is Cc1cc(C)cc(C(O)CN2CCC3(CCc4ccccc43)C2)c1. The molecule has 1 N–H and O–H groups in total. The molecule has 1 aliphatic heterocycles. The normalized spacial score (nSPS) is 24.5. The number of rotatable bonds is 3. The van der Waals surface area contributed by atoms with E-state index in [1.807, 2.05) is 0 Å². The largest absolute Gasteiger partial charge is 0.387 e. The van der Waals surface area contributed by atoms with Crippen LogP contribution in [0.2, 0.25) is 0 Å². The van der Waals surface area contributed by atoms with Crippen LogP contribution in [0.1, 0.15) is 46.8 Å². The fraction of sp³-hybridized carbons (Fsp3) is 0.455. The summed E-state index contributed by atoms with van der Waals surface area (Å²) < 4.78 is 0. The summed E-state index contributed by atoms with van der Waals surface area (Å²) in [5.74, 6) is 0. The standard InChI is InChI=1S/C22H27NO/c1-16-11-17(2)13-19(12-16)21(24)14-23-10-9-22(15-23)8-7-18-5-3-4-6-20(18)22/h3-6,11-13,21,24H,7-10,14-15H2,1-2H3. The number of aliphatic hydroxyl groups excluding tert-OH is 1. The summed E-state index contributed by atoms with van der Waals surface area (Å²) in [5.41, 5.74) is 6.94. The van der Waals surface area contributed by atoms with E-state index < -0.39 is 6.10 Å². The van der Waals surface area contributed by atoms with Crippen LogP contribution in [0.5, 0.6) is 0 Å². The third-order valence-electron chi connectivity index (χ3n) is 5.95. The van der Waals surface area contributed by atoms with Crippen molar-refractivity contribution in [2.45, 2.75) is 44.6 Å². The van der Waals surface area contributed by atoms with Crippen LogP contribution in [0.25, 0.3) is 0 Å². The summed E-state index contributed by atoms with van der Waals surface area (Å²) in [6.07, 6.45) is 3.31. The molecule has 0 radical (unpaired) electrons. The molecule has 2 nitrogen and oxygen atoms in total. The molecule has 1 fully saturated rings. The number of aliphatic hydroxyl groups is 1. The van der Waals surface area contributed by atoms with Crippen molar-refractivity contribution in [3.8, 4) is 0 Å². The van der Waals surface area contributed by atoms with Gasteiger partial charge in [0.15, 0.2) is 0 Å². The first kappa shape index (κ1) is 15.9. The fourth-order valence-electron chi connectivity index (χ4n) is 4.85. The minimum Gasteiger partial charge on any atom is -0.387 e. The molecule has 0 amide bonds. The molecule has 1 aliphatic carbocycles. The Hall–Kier alpha value is -1.64. The van der Waals surface area contributed by atoms with Gasteiger partial charge in [-0.3, -0.25) is 4.90 Å². The average Bonchev–Trinajstić information content (AvgIpc) is 3.12. The zero-order valence-electron chi connectivity index (χ0n) is 14.8. The molecule has 2 aromatic rings. The van der Waals surface area contributed by atoms with Gasteiger partial charge in [0.2, 0.25) is 0 Å². The second-order valence-electron chi connectivity index (χ2n) is 7.86. The van der Waals surface area contributed by atoms with Crippen molar-refractivity contribution in [2.75, 3.05) is 19.6 Å². The highest BCUT2D eigenvalue weighted by atomic mass is 16.3. The maximum atomic E-state index is 10.7. The van der Waals surface area contributed by atoms with Crippen LogP contribution < -0.4 is 0 Å². The van der Waals surface area contributed by atoms with Gasteiger partial charge in [-0.05, 0) is 56.3 Å². The van der Waals surface area contributed by atoms with Crippen molar-refractivity contribution in [1.29, 1.82) is 0 Å². The van der Waals surface area contributed by atoms with E-state index in [-0.39, 0.29) is 0 Å². The number of aryl methyl sites for hydroxylation is 3. The van der Waals surface area contributed by atoms with E-state index in [2.05, 4.69) is 61.2 Å². The molecule has 2 atom stereocenters. The van der Waals surface area contributed by atoms with E-state index in [0.717, 1.165) is 25.2 Å². The Kier molecular flexibility index (Phi) is 3.98. The molecule has 0 bridgehead atoms. The predicted molar refractivity (Wildman–Crippen MR) is 98.4 cm³/mol. The van der Waals surface area contributed by atoms with Crippen LogP contribution in [0.15, 0.2) is 42.5 Å². The zero-order valence-corrected chi connectivity index (χ0v) is 14.8. The van der Waals surface area contributed by atoms with Gasteiger partial charge in [-0.1, -0.05) is 53.6 Å². The van der Waals surface area contributed by atoms with Crippen molar-refractivity contribution in [3.63, 3.8) is 0 Å². The quantitative estimate of drug-likeness (QED) is 0.926. The van der Waals surface area contributed by atoms with Gasteiger partial charge in [-0.2, -0.15) is 0 Å². The van der Waals surface area contributed by atoms with Crippen molar-refractivity contribution in [3.05, 3.63) is 70.3 Å². The van der Waals surface area contributed by atoms with Gasteiger partial charge in [0.05, 0.1) is 6.10 Å². The van der Waals surface area contributed by atoms with Crippen LogP contribution in [0.3, 0.4) is 0 Å². The lowest BCUT2D eigenvalue weighted by Crippen LogP contribution is -2.31. The highest BCUT2D eigenvalue weighted by Gasteiger charge is 2.43. The van der Waals surface area contributed by atoms with Gasteiger partial charge in [0.1, 0.15) is 0 Å². The molecule has 1 heterocycles. The van der Waals surface area contributed by atoms with Crippen molar-refractivity contribution in [2.24, 2.45) is 0 Å². The summed E-state index contributed by atoms with van der Waals surface area (Å²) >= 11 is 0. The molecule has 24 heavy (non-hydrogen) atoms. The molecule has 2 unspecified atom stereocenters. The second-order valence-corrected chi connectivity index (χ2v) is 7.86. The van der Waals surface area contributed by atoms with E-state index >= 15 is 0 Å². The van der Waals surface area contributed by atoms with Crippen LogP contribution in [0.4, 0.5) is 0 Å². The summed E-state index contributed by atoms with van der Waals surface area (Å²) in [5, 5.41) is 10.7. The van der Waals surface area contributed by atoms with Gasteiger partial charge in [0, 0.05) is 18.5 Å². The number of likely N-dealkylation sites (tertiary alicyclic amines) is 1. The summed E-state index contributed by atoms with van der Waals surface area (Å²) in [6.45, 7) is 7.13. The van der Waals surface area contributed by atoms with E-state index in [4.69, 9.17) is 0 Å². The molecular formula is C22H27NO. The van der Waals surface area contributed by atoms with Crippen molar-refractivity contribution in [1.82, 2.24) is 4.90 Å². The highest BCUT2D eigenvalue weighted by molar-refractivity contribution is 5.40. The molecule has 1 saturated heterocycles. The monoisotopic (exact) mass is 321 g/mol. The molecule has 1 spiro atoms.